The Balaban J connectivity index is 2.00. The largest absolute Gasteiger partial charge is 0.331 e. The summed E-state index contributed by atoms with van der Waals surface area (Å²) in [6.07, 6.45) is 0. The van der Waals surface area contributed by atoms with Crippen LogP contribution in [-0.4, -0.2) is 9.55 Å². The van der Waals surface area contributed by atoms with Gasteiger partial charge >= 0.3 is 0 Å². The molecular weight excluding hydrogens is 335 g/mol. The summed E-state index contributed by atoms with van der Waals surface area (Å²) in [5.41, 5.74) is 2.73. The Bertz CT molecular complexity index is 1200. The molecule has 0 saturated heterocycles. The van der Waals surface area contributed by atoms with Gasteiger partial charge in [0.15, 0.2) is 4.77 Å². The second kappa shape index (κ2) is 6.11. The lowest BCUT2D eigenvalue weighted by atomic mass is 10.0. The first kappa shape index (κ1) is 15.5. The Labute approximate surface area is 148 Å². The second-order valence-electron chi connectivity index (χ2n) is 5.68. The molecule has 0 saturated carbocycles. The minimum atomic E-state index is -0.420. The van der Waals surface area contributed by atoms with Gasteiger partial charge in [-0.25, -0.2) is 4.39 Å². The molecule has 25 heavy (non-hydrogen) atoms. The summed E-state index contributed by atoms with van der Waals surface area (Å²) >= 11 is 5.30. The normalized spacial score (nSPS) is 10.9. The zero-order valence-electron chi connectivity index (χ0n) is 13.1. The number of nitrogens with zero attached hydrogens (tertiary/aromatic N) is 1. The molecule has 0 atom stereocenters. The number of aromatic amines is 1. The van der Waals surface area contributed by atoms with Crippen LogP contribution in [0.15, 0.2) is 77.6 Å². The quantitative estimate of drug-likeness (QED) is 0.526. The first-order valence-corrected chi connectivity index (χ1v) is 8.15. The van der Waals surface area contributed by atoms with Crippen LogP contribution in [0.4, 0.5) is 4.39 Å². The number of nitrogens with one attached hydrogen (secondary N) is 1. The van der Waals surface area contributed by atoms with Crippen molar-refractivity contribution in [2.75, 3.05) is 0 Å². The molecule has 122 valence electrons. The molecule has 0 aliphatic carbocycles. The Morgan fingerprint density at radius 2 is 1.68 bits per heavy atom. The van der Waals surface area contributed by atoms with Gasteiger partial charge in [0.05, 0.1) is 16.6 Å². The average Bonchev–Trinajstić information content (AvgIpc) is 2.62. The molecule has 0 fully saturated rings. The van der Waals surface area contributed by atoms with Crippen LogP contribution in [0, 0.1) is 10.6 Å². The highest BCUT2D eigenvalue weighted by atomic mass is 32.1. The minimum absolute atomic E-state index is 0.232. The predicted molar refractivity (Wildman–Crippen MR) is 100 cm³/mol. The fourth-order valence-electron chi connectivity index (χ4n) is 2.87. The maximum atomic E-state index is 13.6. The smallest absolute Gasteiger partial charge is 0.266 e. The third-order valence-electron chi connectivity index (χ3n) is 4.07. The van der Waals surface area contributed by atoms with Gasteiger partial charge in [-0.05, 0) is 53.7 Å². The molecule has 1 N–H and O–H groups in total. The Morgan fingerprint density at radius 1 is 0.880 bits per heavy atom. The predicted octanol–water partition coefficient (Wildman–Crippen LogP) is 4.85. The number of fused-ring (bicyclic) bond motifs is 1. The molecule has 0 spiro atoms. The molecule has 0 radical (unpaired) electrons. The summed E-state index contributed by atoms with van der Waals surface area (Å²) in [7, 11) is 0. The van der Waals surface area contributed by atoms with Crippen molar-refractivity contribution in [3.8, 4) is 16.8 Å². The van der Waals surface area contributed by atoms with E-state index in [0.29, 0.717) is 16.6 Å². The highest BCUT2D eigenvalue weighted by Crippen LogP contribution is 2.22. The maximum Gasteiger partial charge on any atom is 0.266 e. The topological polar surface area (TPSA) is 37.8 Å². The fraction of sp³-hybridized carbons (Fsp3) is 0. The number of hydrogen-bond donors (Lipinski definition) is 1. The van der Waals surface area contributed by atoms with E-state index in [-0.39, 0.29) is 10.3 Å². The number of hydrogen-bond acceptors (Lipinski definition) is 2. The van der Waals surface area contributed by atoms with E-state index in [2.05, 4.69) is 4.98 Å². The van der Waals surface area contributed by atoms with Crippen LogP contribution in [-0.2, 0) is 0 Å². The van der Waals surface area contributed by atoms with E-state index in [9.17, 15) is 9.18 Å². The van der Waals surface area contributed by atoms with Gasteiger partial charge in [-0.3, -0.25) is 9.36 Å². The molecule has 0 amide bonds. The van der Waals surface area contributed by atoms with Crippen molar-refractivity contribution in [1.82, 2.24) is 9.55 Å². The van der Waals surface area contributed by atoms with Crippen molar-refractivity contribution in [3.05, 3.63) is 93.7 Å². The number of benzene rings is 3. The van der Waals surface area contributed by atoms with E-state index in [1.165, 1.54) is 16.7 Å². The maximum absolute atomic E-state index is 13.6. The van der Waals surface area contributed by atoms with Gasteiger partial charge in [-0.1, -0.05) is 42.5 Å². The highest BCUT2D eigenvalue weighted by molar-refractivity contribution is 7.71. The Morgan fingerprint density at radius 3 is 2.44 bits per heavy atom. The van der Waals surface area contributed by atoms with E-state index in [4.69, 9.17) is 12.2 Å². The number of aromatic nitrogens is 2. The molecule has 4 rings (SSSR count). The lowest BCUT2D eigenvalue weighted by Crippen LogP contribution is -2.20. The molecule has 1 aromatic heterocycles. The SMILES string of the molecule is O=c1c2cc(-c3ccccc3)ccc2[nH]c(=S)n1-c1cccc(F)c1. The van der Waals surface area contributed by atoms with Crippen LogP contribution in [0.3, 0.4) is 0 Å². The second-order valence-corrected chi connectivity index (χ2v) is 6.06. The van der Waals surface area contributed by atoms with Crippen molar-refractivity contribution in [3.63, 3.8) is 0 Å². The summed E-state index contributed by atoms with van der Waals surface area (Å²) in [6, 6.07) is 21.2. The van der Waals surface area contributed by atoms with Crippen LogP contribution in [0.25, 0.3) is 27.7 Å². The first-order chi connectivity index (χ1) is 12.1. The standard InChI is InChI=1S/C20H13FN2OS/c21-15-7-4-8-16(12-15)23-19(24)17-11-14(13-5-2-1-3-6-13)9-10-18(17)22-20(23)25/h1-12H,(H,22,25). The molecular formula is C20H13FN2OS. The first-order valence-electron chi connectivity index (χ1n) is 7.74. The van der Waals surface area contributed by atoms with Gasteiger partial charge < -0.3 is 4.98 Å². The van der Waals surface area contributed by atoms with Crippen molar-refractivity contribution >= 4 is 23.1 Å². The fourth-order valence-corrected chi connectivity index (χ4v) is 3.17. The van der Waals surface area contributed by atoms with Crippen LogP contribution >= 0.6 is 12.2 Å². The minimum Gasteiger partial charge on any atom is -0.331 e. The summed E-state index contributed by atoms with van der Waals surface area (Å²) in [6.45, 7) is 0. The summed E-state index contributed by atoms with van der Waals surface area (Å²) in [5.74, 6) is -0.420. The van der Waals surface area contributed by atoms with Crippen LogP contribution in [0.5, 0.6) is 0 Å². The average molecular weight is 348 g/mol. The molecule has 0 unspecified atom stereocenters. The molecule has 0 aliphatic rings. The highest BCUT2D eigenvalue weighted by Gasteiger charge is 2.09. The van der Waals surface area contributed by atoms with Gasteiger partial charge in [0.1, 0.15) is 5.82 Å². The van der Waals surface area contributed by atoms with Crippen LogP contribution < -0.4 is 5.56 Å². The van der Waals surface area contributed by atoms with E-state index in [0.717, 1.165) is 11.1 Å². The van der Waals surface area contributed by atoms with E-state index < -0.39 is 5.82 Å². The Hall–Kier alpha value is -3.05. The molecule has 3 nitrogen and oxygen atoms in total. The van der Waals surface area contributed by atoms with Crippen molar-refractivity contribution < 1.29 is 4.39 Å². The molecule has 3 aromatic carbocycles. The van der Waals surface area contributed by atoms with Crippen LogP contribution in [0.1, 0.15) is 0 Å². The molecule has 5 heteroatoms. The van der Waals surface area contributed by atoms with Gasteiger partial charge in [-0.2, -0.15) is 0 Å². The zero-order valence-corrected chi connectivity index (χ0v) is 13.9. The summed E-state index contributed by atoms with van der Waals surface area (Å²) in [4.78, 5) is 16.0. The molecule has 1 heterocycles. The molecule has 4 aromatic rings. The van der Waals surface area contributed by atoms with Crippen LogP contribution in [0.2, 0.25) is 0 Å². The van der Waals surface area contributed by atoms with Crippen molar-refractivity contribution in [1.29, 1.82) is 0 Å². The number of halogens is 1. The lowest BCUT2D eigenvalue weighted by molar-refractivity contribution is 0.626. The van der Waals surface area contributed by atoms with E-state index >= 15 is 0 Å². The van der Waals surface area contributed by atoms with Gasteiger partial charge in [-0.15, -0.1) is 0 Å². The van der Waals surface area contributed by atoms with E-state index in [1.807, 2.05) is 48.5 Å². The number of rotatable bonds is 2. The third-order valence-corrected chi connectivity index (χ3v) is 4.36. The van der Waals surface area contributed by atoms with Gasteiger partial charge in [0.2, 0.25) is 0 Å². The van der Waals surface area contributed by atoms with Gasteiger partial charge in [0.25, 0.3) is 5.56 Å². The monoisotopic (exact) mass is 348 g/mol. The molecule has 0 bridgehead atoms. The summed E-state index contributed by atoms with van der Waals surface area (Å²) in [5, 5.41) is 0.499. The van der Waals surface area contributed by atoms with Crippen molar-refractivity contribution in [2.24, 2.45) is 0 Å². The van der Waals surface area contributed by atoms with E-state index in [1.54, 1.807) is 12.1 Å². The molecule has 0 aliphatic heterocycles. The lowest BCUT2D eigenvalue weighted by Gasteiger charge is -2.09. The third kappa shape index (κ3) is 2.79. The zero-order chi connectivity index (χ0) is 17.4. The van der Waals surface area contributed by atoms with Crippen molar-refractivity contribution in [2.45, 2.75) is 0 Å². The van der Waals surface area contributed by atoms with Gasteiger partial charge in [0, 0.05) is 0 Å². The Kier molecular flexibility index (Phi) is 3.78. The summed E-state index contributed by atoms with van der Waals surface area (Å²) < 4.78 is 15.1. The number of H-pyrrole nitrogens is 1.